The topological polar surface area (TPSA) is 121 Å². The van der Waals surface area contributed by atoms with Crippen LogP contribution in [0.25, 0.3) is 10.4 Å². The van der Waals surface area contributed by atoms with Gasteiger partial charge in [0.1, 0.15) is 5.69 Å². The Morgan fingerprint density at radius 1 is 1.47 bits per heavy atom. The third kappa shape index (κ3) is 2.01. The lowest BCUT2D eigenvalue weighted by Crippen LogP contribution is -2.18. The van der Waals surface area contributed by atoms with E-state index < -0.39 is 4.92 Å². The number of nitrogens with one attached hydrogen (secondary N) is 1. The molecule has 0 fully saturated rings. The van der Waals surface area contributed by atoms with E-state index in [-0.39, 0.29) is 17.3 Å². The quantitative estimate of drug-likeness (QED) is 0.277. The minimum absolute atomic E-state index is 0.0348. The van der Waals surface area contributed by atoms with Gasteiger partial charge >= 0.3 is 0 Å². The molecule has 0 spiro atoms. The van der Waals surface area contributed by atoms with Gasteiger partial charge in [0, 0.05) is 17.4 Å². The number of amides is 1. The molecule has 0 saturated heterocycles. The van der Waals surface area contributed by atoms with E-state index in [2.05, 4.69) is 15.3 Å². The molecule has 2 rings (SSSR count). The van der Waals surface area contributed by atoms with Crippen LogP contribution in [0.2, 0.25) is 0 Å². The number of anilines is 1. The van der Waals surface area contributed by atoms with Gasteiger partial charge in [-0.2, -0.15) is 0 Å². The maximum absolute atomic E-state index is 11.2. The summed E-state index contributed by atoms with van der Waals surface area (Å²) in [7, 11) is 0. The first-order chi connectivity index (χ1) is 8.11. The summed E-state index contributed by atoms with van der Waals surface area (Å²) in [6, 6.07) is 2.66. The van der Waals surface area contributed by atoms with Crippen molar-refractivity contribution in [3.63, 3.8) is 0 Å². The zero-order valence-corrected chi connectivity index (χ0v) is 8.58. The monoisotopic (exact) mass is 233 g/mol. The van der Waals surface area contributed by atoms with Crippen molar-refractivity contribution in [2.45, 2.75) is 12.8 Å². The van der Waals surface area contributed by atoms with Gasteiger partial charge in [0.25, 0.3) is 5.69 Å². The lowest BCUT2D eigenvalue weighted by molar-refractivity contribution is -0.384. The highest BCUT2D eigenvalue weighted by Gasteiger charge is 2.21. The first kappa shape index (κ1) is 10.9. The number of carbonyl (C=O) groups is 1. The molecule has 0 atom stereocenters. The Morgan fingerprint density at radius 2 is 2.24 bits per heavy atom. The summed E-state index contributed by atoms with van der Waals surface area (Å²) in [6.45, 7) is 0. The van der Waals surface area contributed by atoms with Crippen LogP contribution < -0.4 is 5.32 Å². The predicted molar refractivity (Wildman–Crippen MR) is 58.9 cm³/mol. The molecule has 1 aliphatic rings. The van der Waals surface area contributed by atoms with Crippen molar-refractivity contribution in [1.82, 2.24) is 0 Å². The molecule has 1 heterocycles. The molecule has 8 heteroatoms. The third-order valence-corrected chi connectivity index (χ3v) is 2.45. The molecule has 8 nitrogen and oxygen atoms in total. The molecular formula is C9H7N5O3. The number of benzene rings is 1. The molecule has 0 aromatic heterocycles. The second kappa shape index (κ2) is 4.11. The fraction of sp³-hybridized carbons (Fsp3) is 0.222. The molecule has 1 N–H and O–H groups in total. The highest BCUT2D eigenvalue weighted by atomic mass is 16.6. The van der Waals surface area contributed by atoms with E-state index in [1.165, 1.54) is 12.1 Å². The molecule has 1 amide bonds. The van der Waals surface area contributed by atoms with E-state index in [0.717, 1.165) is 5.56 Å². The number of fused-ring (bicyclic) bond motifs is 1. The van der Waals surface area contributed by atoms with E-state index in [9.17, 15) is 14.9 Å². The Labute approximate surface area is 95.0 Å². The molecule has 1 aromatic carbocycles. The van der Waals surface area contributed by atoms with Crippen LogP contribution in [0.3, 0.4) is 0 Å². The molecule has 0 aliphatic carbocycles. The average molecular weight is 233 g/mol. The number of nitro groups is 1. The maximum Gasteiger partial charge on any atom is 0.281 e. The normalized spacial score (nSPS) is 13.3. The van der Waals surface area contributed by atoms with Gasteiger partial charge in [-0.25, -0.2) is 0 Å². The molecule has 17 heavy (non-hydrogen) atoms. The number of nitro benzene ring substituents is 1. The number of nitrogens with zero attached hydrogens (tertiary/aromatic N) is 4. The Balaban J connectivity index is 2.59. The fourth-order valence-corrected chi connectivity index (χ4v) is 1.68. The van der Waals surface area contributed by atoms with Gasteiger partial charge in [0.15, 0.2) is 0 Å². The van der Waals surface area contributed by atoms with Crippen molar-refractivity contribution in [3.8, 4) is 0 Å². The zero-order valence-electron chi connectivity index (χ0n) is 8.58. The molecule has 0 bridgehead atoms. The number of hydrogen-bond donors (Lipinski definition) is 1. The van der Waals surface area contributed by atoms with Crippen molar-refractivity contribution in [3.05, 3.63) is 38.3 Å². The van der Waals surface area contributed by atoms with Crippen LogP contribution >= 0.6 is 0 Å². The Kier molecular flexibility index (Phi) is 2.63. The minimum Gasteiger partial charge on any atom is -0.326 e. The van der Waals surface area contributed by atoms with Crippen molar-refractivity contribution >= 4 is 23.0 Å². The lowest BCUT2D eigenvalue weighted by Gasteiger charge is -2.16. The number of azide groups is 1. The summed E-state index contributed by atoms with van der Waals surface area (Å²) >= 11 is 0. The maximum atomic E-state index is 11.2. The summed E-state index contributed by atoms with van der Waals surface area (Å²) in [5, 5.41) is 16.6. The van der Waals surface area contributed by atoms with E-state index in [1.807, 2.05) is 0 Å². The molecule has 1 aromatic rings. The highest BCUT2D eigenvalue weighted by molar-refractivity contribution is 5.95. The van der Waals surface area contributed by atoms with Gasteiger partial charge in [0.2, 0.25) is 5.91 Å². The van der Waals surface area contributed by atoms with Crippen LogP contribution in [0.1, 0.15) is 12.0 Å². The summed E-state index contributed by atoms with van der Waals surface area (Å²) in [5.41, 5.74) is 9.13. The predicted octanol–water partition coefficient (Wildman–Crippen LogP) is 2.42. The standard InChI is InChI=1S/C9H7N5O3/c10-13-12-7-3-5-1-2-9(15)11-6(5)4-8(7)14(16)17/h3-4H,1-2H2,(H,11,15). The summed E-state index contributed by atoms with van der Waals surface area (Å²) in [4.78, 5) is 23.8. The van der Waals surface area contributed by atoms with Gasteiger partial charge in [-0.15, -0.1) is 0 Å². The van der Waals surface area contributed by atoms with Crippen LogP contribution in [-0.2, 0) is 11.2 Å². The Morgan fingerprint density at radius 3 is 2.88 bits per heavy atom. The SMILES string of the molecule is [N-]=[N+]=Nc1cc2c(cc1[N+](=O)[O-])NC(=O)CC2. The Hall–Kier alpha value is -2.60. The summed E-state index contributed by atoms with van der Waals surface area (Å²) < 4.78 is 0. The second-order valence-electron chi connectivity index (χ2n) is 3.49. The summed E-state index contributed by atoms with van der Waals surface area (Å²) in [5.74, 6) is -0.177. The van der Waals surface area contributed by atoms with Crippen LogP contribution in [0.15, 0.2) is 17.2 Å². The first-order valence-corrected chi connectivity index (χ1v) is 4.78. The fourth-order valence-electron chi connectivity index (χ4n) is 1.68. The number of aryl methyl sites for hydroxylation is 1. The van der Waals surface area contributed by atoms with Crippen molar-refractivity contribution < 1.29 is 9.72 Å². The van der Waals surface area contributed by atoms with Gasteiger partial charge in [-0.3, -0.25) is 14.9 Å². The number of carbonyl (C=O) groups excluding carboxylic acids is 1. The molecule has 86 valence electrons. The van der Waals surface area contributed by atoms with E-state index in [4.69, 9.17) is 5.53 Å². The smallest absolute Gasteiger partial charge is 0.281 e. The van der Waals surface area contributed by atoms with Crippen molar-refractivity contribution in [2.24, 2.45) is 5.11 Å². The van der Waals surface area contributed by atoms with Gasteiger partial charge < -0.3 is 5.32 Å². The molecular weight excluding hydrogens is 226 g/mol. The number of rotatable bonds is 2. The zero-order chi connectivity index (χ0) is 12.4. The van der Waals surface area contributed by atoms with Gasteiger partial charge in [-0.1, -0.05) is 5.11 Å². The summed E-state index contributed by atoms with van der Waals surface area (Å²) in [6.07, 6.45) is 0.799. The molecule has 1 aliphatic heterocycles. The van der Waals surface area contributed by atoms with E-state index in [1.54, 1.807) is 0 Å². The van der Waals surface area contributed by atoms with Crippen LogP contribution in [-0.4, -0.2) is 10.8 Å². The second-order valence-corrected chi connectivity index (χ2v) is 3.49. The molecule has 0 unspecified atom stereocenters. The van der Waals surface area contributed by atoms with E-state index in [0.29, 0.717) is 18.5 Å². The lowest BCUT2D eigenvalue weighted by atomic mass is 10.0. The van der Waals surface area contributed by atoms with E-state index >= 15 is 0 Å². The largest absolute Gasteiger partial charge is 0.326 e. The van der Waals surface area contributed by atoms with Crippen molar-refractivity contribution in [1.29, 1.82) is 0 Å². The molecule has 0 radical (unpaired) electrons. The first-order valence-electron chi connectivity index (χ1n) is 4.78. The third-order valence-electron chi connectivity index (χ3n) is 2.45. The van der Waals surface area contributed by atoms with Crippen LogP contribution in [0, 0.1) is 10.1 Å². The average Bonchev–Trinajstić information content (AvgIpc) is 2.28. The van der Waals surface area contributed by atoms with Crippen LogP contribution in [0.5, 0.6) is 0 Å². The van der Waals surface area contributed by atoms with Crippen LogP contribution in [0.4, 0.5) is 17.1 Å². The van der Waals surface area contributed by atoms with Crippen molar-refractivity contribution in [2.75, 3.05) is 5.32 Å². The molecule has 0 saturated carbocycles. The number of hydrogen-bond acceptors (Lipinski definition) is 4. The Bertz CT molecular complexity index is 562. The van der Waals surface area contributed by atoms with Gasteiger partial charge in [-0.05, 0) is 23.6 Å². The highest BCUT2D eigenvalue weighted by Crippen LogP contribution is 2.35. The minimum atomic E-state index is -0.648. The van der Waals surface area contributed by atoms with Gasteiger partial charge in [0.05, 0.1) is 10.6 Å².